The van der Waals surface area contributed by atoms with Gasteiger partial charge in [0, 0.05) is 24.7 Å². The van der Waals surface area contributed by atoms with Crippen LogP contribution in [-0.2, 0) is 13.6 Å². The van der Waals surface area contributed by atoms with Gasteiger partial charge in [0.25, 0.3) is 5.56 Å². The molecule has 0 unspecified atom stereocenters. The van der Waals surface area contributed by atoms with Gasteiger partial charge in [0.2, 0.25) is 0 Å². The molecule has 0 bridgehead atoms. The summed E-state index contributed by atoms with van der Waals surface area (Å²) in [6.07, 6.45) is 0. The van der Waals surface area contributed by atoms with Gasteiger partial charge in [-0.25, -0.2) is 0 Å². The van der Waals surface area contributed by atoms with Crippen molar-refractivity contribution in [2.75, 3.05) is 19.8 Å². The Bertz CT molecular complexity index is 737. The van der Waals surface area contributed by atoms with E-state index in [-0.39, 0.29) is 5.56 Å². The molecule has 0 radical (unpaired) electrons. The molecule has 1 N–H and O–H groups in total. The Balaban J connectivity index is 1.98. The average molecular weight is 300 g/mol. The quantitative estimate of drug-likeness (QED) is 0.937. The molecule has 0 aliphatic carbocycles. The number of hydrogen-bond acceptors (Lipinski definition) is 4. The fourth-order valence-electron chi connectivity index (χ4n) is 2.57. The number of benzene rings is 1. The van der Waals surface area contributed by atoms with Crippen LogP contribution in [0.5, 0.6) is 11.5 Å². The second-order valence-electron chi connectivity index (χ2n) is 5.25. The summed E-state index contributed by atoms with van der Waals surface area (Å²) in [5, 5.41) is 3.18. The molecule has 1 aromatic heterocycles. The number of pyridine rings is 1. The topological polar surface area (TPSA) is 52.5 Å². The maximum absolute atomic E-state index is 12.4. The maximum atomic E-state index is 12.4. The summed E-state index contributed by atoms with van der Waals surface area (Å²) in [6.45, 7) is 4.58. The maximum Gasteiger partial charge on any atom is 0.255 e. The molecule has 1 aromatic carbocycles. The van der Waals surface area contributed by atoms with Gasteiger partial charge in [-0.05, 0) is 30.8 Å². The van der Waals surface area contributed by atoms with Crippen molar-refractivity contribution in [1.82, 2.24) is 9.88 Å². The van der Waals surface area contributed by atoms with E-state index in [4.69, 9.17) is 9.47 Å². The van der Waals surface area contributed by atoms with Crippen LogP contribution in [0.15, 0.2) is 35.1 Å². The molecule has 116 valence electrons. The van der Waals surface area contributed by atoms with E-state index in [0.717, 1.165) is 34.9 Å². The fraction of sp³-hybridized carbons (Fsp3) is 0.353. The second kappa shape index (κ2) is 6.23. The standard InChI is InChI=1S/C17H20N2O3/c1-3-18-11-13-4-6-14(19(2)17(13)20)12-5-7-15-16(10-12)22-9-8-21-15/h4-7,10,18H,3,8-9,11H2,1-2H3. The first kappa shape index (κ1) is 14.7. The van der Waals surface area contributed by atoms with E-state index in [9.17, 15) is 4.79 Å². The molecule has 0 amide bonds. The predicted octanol–water partition coefficient (Wildman–Crippen LogP) is 1.93. The molecule has 1 aliphatic rings. The monoisotopic (exact) mass is 300 g/mol. The summed E-state index contributed by atoms with van der Waals surface area (Å²) in [5.41, 5.74) is 2.60. The minimum Gasteiger partial charge on any atom is -0.486 e. The molecule has 0 atom stereocenters. The van der Waals surface area contributed by atoms with Crippen molar-refractivity contribution in [3.05, 3.63) is 46.2 Å². The summed E-state index contributed by atoms with van der Waals surface area (Å²) in [7, 11) is 1.80. The second-order valence-corrected chi connectivity index (χ2v) is 5.25. The highest BCUT2D eigenvalue weighted by molar-refractivity contribution is 5.64. The Morgan fingerprint density at radius 2 is 1.91 bits per heavy atom. The van der Waals surface area contributed by atoms with E-state index in [0.29, 0.717) is 19.8 Å². The molecule has 0 saturated carbocycles. The van der Waals surface area contributed by atoms with Crippen LogP contribution < -0.4 is 20.3 Å². The van der Waals surface area contributed by atoms with Gasteiger partial charge in [-0.15, -0.1) is 0 Å². The molecule has 2 heterocycles. The SMILES string of the molecule is CCNCc1ccc(-c2ccc3c(c2)OCCO3)n(C)c1=O. The van der Waals surface area contributed by atoms with Gasteiger partial charge < -0.3 is 19.4 Å². The number of rotatable bonds is 4. The lowest BCUT2D eigenvalue weighted by atomic mass is 10.1. The number of hydrogen-bond donors (Lipinski definition) is 1. The zero-order chi connectivity index (χ0) is 15.5. The van der Waals surface area contributed by atoms with Crippen molar-refractivity contribution in [1.29, 1.82) is 0 Å². The Hall–Kier alpha value is -2.27. The number of ether oxygens (including phenoxy) is 2. The molecule has 5 nitrogen and oxygen atoms in total. The van der Waals surface area contributed by atoms with Crippen molar-refractivity contribution < 1.29 is 9.47 Å². The fourth-order valence-corrected chi connectivity index (χ4v) is 2.57. The van der Waals surface area contributed by atoms with Gasteiger partial charge in [-0.2, -0.15) is 0 Å². The van der Waals surface area contributed by atoms with Gasteiger partial charge in [0.05, 0.1) is 5.69 Å². The first-order valence-corrected chi connectivity index (χ1v) is 7.50. The van der Waals surface area contributed by atoms with Crippen LogP contribution in [0.1, 0.15) is 12.5 Å². The van der Waals surface area contributed by atoms with Crippen LogP contribution >= 0.6 is 0 Å². The minimum atomic E-state index is 0.0216. The number of nitrogens with zero attached hydrogens (tertiary/aromatic N) is 1. The van der Waals surface area contributed by atoms with Gasteiger partial charge >= 0.3 is 0 Å². The van der Waals surface area contributed by atoms with E-state index in [1.165, 1.54) is 0 Å². The summed E-state index contributed by atoms with van der Waals surface area (Å²) < 4.78 is 12.8. The first-order chi connectivity index (χ1) is 10.7. The summed E-state index contributed by atoms with van der Waals surface area (Å²) in [5.74, 6) is 1.48. The van der Waals surface area contributed by atoms with E-state index in [2.05, 4.69) is 5.32 Å². The van der Waals surface area contributed by atoms with Crippen molar-refractivity contribution in [3.8, 4) is 22.8 Å². The van der Waals surface area contributed by atoms with Crippen molar-refractivity contribution in [2.45, 2.75) is 13.5 Å². The molecule has 22 heavy (non-hydrogen) atoms. The third-order valence-corrected chi connectivity index (χ3v) is 3.79. The van der Waals surface area contributed by atoms with E-state index in [1.807, 2.05) is 37.3 Å². The van der Waals surface area contributed by atoms with E-state index < -0.39 is 0 Å². The van der Waals surface area contributed by atoms with Crippen LogP contribution in [0.2, 0.25) is 0 Å². The summed E-state index contributed by atoms with van der Waals surface area (Å²) in [6, 6.07) is 9.62. The van der Waals surface area contributed by atoms with Crippen LogP contribution in [0.4, 0.5) is 0 Å². The molecule has 3 rings (SSSR count). The first-order valence-electron chi connectivity index (χ1n) is 7.50. The lowest BCUT2D eigenvalue weighted by Gasteiger charge is -2.19. The van der Waals surface area contributed by atoms with Gasteiger partial charge in [0.15, 0.2) is 11.5 Å². The Labute approximate surface area is 129 Å². The molecular formula is C17H20N2O3. The smallest absolute Gasteiger partial charge is 0.255 e. The third-order valence-electron chi connectivity index (χ3n) is 3.79. The average Bonchev–Trinajstić information content (AvgIpc) is 2.56. The molecule has 1 aliphatic heterocycles. The van der Waals surface area contributed by atoms with Gasteiger partial charge in [-0.1, -0.05) is 13.0 Å². The third kappa shape index (κ3) is 2.72. The van der Waals surface area contributed by atoms with Crippen molar-refractivity contribution >= 4 is 0 Å². The molecule has 0 spiro atoms. The highest BCUT2D eigenvalue weighted by Crippen LogP contribution is 2.34. The highest BCUT2D eigenvalue weighted by Gasteiger charge is 2.14. The largest absolute Gasteiger partial charge is 0.486 e. The predicted molar refractivity (Wildman–Crippen MR) is 85.5 cm³/mol. The molecule has 0 fully saturated rings. The molecule has 5 heteroatoms. The number of aromatic nitrogens is 1. The minimum absolute atomic E-state index is 0.0216. The van der Waals surface area contributed by atoms with Crippen LogP contribution in [-0.4, -0.2) is 24.3 Å². The summed E-state index contributed by atoms with van der Waals surface area (Å²) >= 11 is 0. The number of nitrogens with one attached hydrogen (secondary N) is 1. The summed E-state index contributed by atoms with van der Waals surface area (Å²) in [4.78, 5) is 12.4. The van der Waals surface area contributed by atoms with Gasteiger partial charge in [-0.3, -0.25) is 4.79 Å². The molecule has 2 aromatic rings. The van der Waals surface area contributed by atoms with Crippen LogP contribution in [0, 0.1) is 0 Å². The zero-order valence-electron chi connectivity index (χ0n) is 12.9. The lowest BCUT2D eigenvalue weighted by molar-refractivity contribution is 0.171. The van der Waals surface area contributed by atoms with Crippen molar-refractivity contribution in [2.24, 2.45) is 7.05 Å². The van der Waals surface area contributed by atoms with Crippen LogP contribution in [0.25, 0.3) is 11.3 Å². The van der Waals surface area contributed by atoms with Crippen molar-refractivity contribution in [3.63, 3.8) is 0 Å². The zero-order valence-corrected chi connectivity index (χ0v) is 12.9. The highest BCUT2D eigenvalue weighted by atomic mass is 16.6. The number of fused-ring (bicyclic) bond motifs is 1. The van der Waals surface area contributed by atoms with E-state index in [1.54, 1.807) is 11.6 Å². The Morgan fingerprint density at radius 3 is 2.68 bits per heavy atom. The van der Waals surface area contributed by atoms with Gasteiger partial charge in [0.1, 0.15) is 13.2 Å². The molecule has 0 saturated heterocycles. The normalized spacial score (nSPS) is 13.2. The Morgan fingerprint density at radius 1 is 1.14 bits per heavy atom. The Kier molecular flexibility index (Phi) is 4.15. The lowest BCUT2D eigenvalue weighted by Crippen LogP contribution is -2.26. The molecular weight excluding hydrogens is 280 g/mol. The van der Waals surface area contributed by atoms with Crippen LogP contribution in [0.3, 0.4) is 0 Å². The van der Waals surface area contributed by atoms with E-state index >= 15 is 0 Å².